The van der Waals surface area contributed by atoms with Crippen LogP contribution in [0.25, 0.3) is 0 Å². The highest BCUT2D eigenvalue weighted by Gasteiger charge is 2.42. The molecule has 0 bridgehead atoms. The van der Waals surface area contributed by atoms with E-state index in [1.165, 1.54) is 25.7 Å². The maximum atomic E-state index is 12.8. The van der Waals surface area contributed by atoms with Crippen molar-refractivity contribution in [3.63, 3.8) is 0 Å². The van der Waals surface area contributed by atoms with Gasteiger partial charge in [0, 0.05) is 18.5 Å². The van der Waals surface area contributed by atoms with E-state index in [0.717, 1.165) is 38.9 Å². The third-order valence-electron chi connectivity index (χ3n) is 4.99. The second kappa shape index (κ2) is 7.49. The van der Waals surface area contributed by atoms with Crippen LogP contribution in [0, 0.1) is 11.3 Å². The number of piperidine rings is 1. The summed E-state index contributed by atoms with van der Waals surface area (Å²) in [7, 11) is 2.01. The van der Waals surface area contributed by atoms with E-state index in [2.05, 4.69) is 17.1 Å². The van der Waals surface area contributed by atoms with Crippen LogP contribution in [0.4, 0.5) is 0 Å². The molecule has 1 unspecified atom stereocenters. The molecule has 1 aliphatic carbocycles. The second-order valence-corrected chi connectivity index (χ2v) is 6.16. The Balaban J connectivity index is 0.00000180. The van der Waals surface area contributed by atoms with Gasteiger partial charge >= 0.3 is 0 Å². The predicted molar refractivity (Wildman–Crippen MR) is 81.7 cm³/mol. The van der Waals surface area contributed by atoms with Crippen LogP contribution >= 0.6 is 12.4 Å². The minimum absolute atomic E-state index is 0. The molecule has 0 aromatic rings. The van der Waals surface area contributed by atoms with Crippen molar-refractivity contribution in [3.05, 3.63) is 0 Å². The number of carbonyl (C=O) groups excluding carboxylic acids is 1. The van der Waals surface area contributed by atoms with Gasteiger partial charge in [0.1, 0.15) is 0 Å². The Bertz CT molecular complexity index is 288. The van der Waals surface area contributed by atoms with Crippen molar-refractivity contribution in [1.82, 2.24) is 10.2 Å². The van der Waals surface area contributed by atoms with Crippen molar-refractivity contribution in [3.8, 4) is 0 Å². The minimum Gasteiger partial charge on any atom is -0.342 e. The number of amides is 1. The van der Waals surface area contributed by atoms with Crippen LogP contribution in [0.15, 0.2) is 0 Å². The average Bonchev–Trinajstić information content (AvgIpc) is 2.88. The first-order valence-electron chi connectivity index (χ1n) is 7.66. The summed E-state index contributed by atoms with van der Waals surface area (Å²) < 4.78 is 0. The zero-order valence-electron chi connectivity index (χ0n) is 12.4. The molecule has 2 rings (SSSR count). The molecular formula is C15H29ClN2O. The molecule has 3 nitrogen and oxygen atoms in total. The van der Waals surface area contributed by atoms with Crippen LogP contribution in [0.1, 0.15) is 51.9 Å². The molecule has 0 radical (unpaired) electrons. The maximum absolute atomic E-state index is 12.8. The normalized spacial score (nSPS) is 26.0. The lowest BCUT2D eigenvalue weighted by atomic mass is 9.81. The van der Waals surface area contributed by atoms with Crippen molar-refractivity contribution in [2.75, 3.05) is 26.7 Å². The van der Waals surface area contributed by atoms with Gasteiger partial charge in [0.05, 0.1) is 0 Å². The van der Waals surface area contributed by atoms with E-state index in [1.54, 1.807) is 0 Å². The van der Waals surface area contributed by atoms with Gasteiger partial charge in [-0.1, -0.05) is 19.8 Å². The lowest BCUT2D eigenvalue weighted by Crippen LogP contribution is -2.48. The van der Waals surface area contributed by atoms with Crippen molar-refractivity contribution in [2.24, 2.45) is 11.3 Å². The summed E-state index contributed by atoms with van der Waals surface area (Å²) in [4.78, 5) is 15.0. The van der Waals surface area contributed by atoms with Gasteiger partial charge < -0.3 is 10.2 Å². The first-order chi connectivity index (χ1) is 8.72. The second-order valence-electron chi connectivity index (χ2n) is 6.16. The van der Waals surface area contributed by atoms with Gasteiger partial charge in [0.25, 0.3) is 0 Å². The van der Waals surface area contributed by atoms with Crippen molar-refractivity contribution < 1.29 is 4.79 Å². The molecule has 1 heterocycles. The fraction of sp³-hybridized carbons (Fsp3) is 0.933. The van der Waals surface area contributed by atoms with E-state index in [1.807, 2.05) is 7.05 Å². The number of hydrogen-bond acceptors (Lipinski definition) is 2. The van der Waals surface area contributed by atoms with E-state index in [9.17, 15) is 4.79 Å². The molecule has 1 aliphatic heterocycles. The molecule has 2 aliphatic rings. The fourth-order valence-electron chi connectivity index (χ4n) is 3.81. The third kappa shape index (κ3) is 3.63. The summed E-state index contributed by atoms with van der Waals surface area (Å²) in [5.74, 6) is 1.12. The smallest absolute Gasteiger partial charge is 0.228 e. The van der Waals surface area contributed by atoms with Crippen LogP contribution in [0.5, 0.6) is 0 Å². The number of rotatable bonds is 4. The zero-order chi connectivity index (χ0) is 13.0. The molecule has 0 aromatic heterocycles. The molecule has 112 valence electrons. The Morgan fingerprint density at radius 2 is 2.00 bits per heavy atom. The van der Waals surface area contributed by atoms with Crippen LogP contribution in [0.2, 0.25) is 0 Å². The fourth-order valence-corrected chi connectivity index (χ4v) is 3.81. The van der Waals surface area contributed by atoms with E-state index in [0.29, 0.717) is 11.8 Å². The third-order valence-corrected chi connectivity index (χ3v) is 4.99. The summed E-state index contributed by atoms with van der Waals surface area (Å²) >= 11 is 0. The molecule has 1 saturated carbocycles. The van der Waals surface area contributed by atoms with Crippen molar-refractivity contribution >= 4 is 18.3 Å². The molecule has 1 atom stereocenters. The summed E-state index contributed by atoms with van der Waals surface area (Å²) in [6.07, 6.45) is 8.20. The number of hydrogen-bond donors (Lipinski definition) is 1. The van der Waals surface area contributed by atoms with Crippen molar-refractivity contribution in [2.45, 2.75) is 51.9 Å². The quantitative estimate of drug-likeness (QED) is 0.863. The molecular weight excluding hydrogens is 260 g/mol. The standard InChI is InChI=1S/C15H28N2O.ClH/c1-3-15(8-4-5-9-15)14(18)17-10-6-7-13(12-17)11-16-2;/h13,16H,3-12H2,1-2H3;1H. The van der Waals surface area contributed by atoms with Crippen LogP contribution < -0.4 is 5.32 Å². The Morgan fingerprint density at radius 1 is 1.32 bits per heavy atom. The summed E-state index contributed by atoms with van der Waals surface area (Å²) in [5.41, 5.74) is 0.00152. The number of likely N-dealkylation sites (tertiary alicyclic amines) is 1. The van der Waals surface area contributed by atoms with Gasteiger partial charge in [0.2, 0.25) is 5.91 Å². The topological polar surface area (TPSA) is 32.3 Å². The van der Waals surface area contributed by atoms with E-state index in [4.69, 9.17) is 0 Å². The Hall–Kier alpha value is -0.280. The Labute approximate surface area is 123 Å². The number of halogens is 1. The number of nitrogens with zero attached hydrogens (tertiary/aromatic N) is 1. The van der Waals surface area contributed by atoms with Gasteiger partial charge in [-0.25, -0.2) is 0 Å². The maximum Gasteiger partial charge on any atom is 0.228 e. The van der Waals surface area contributed by atoms with Crippen LogP contribution in [0.3, 0.4) is 0 Å². The first-order valence-corrected chi connectivity index (χ1v) is 7.66. The SMILES string of the molecule is CCC1(C(=O)N2CCCC(CNC)C2)CCCC1.Cl. The highest BCUT2D eigenvalue weighted by atomic mass is 35.5. The van der Waals surface area contributed by atoms with E-state index in [-0.39, 0.29) is 17.8 Å². The largest absolute Gasteiger partial charge is 0.342 e. The summed E-state index contributed by atoms with van der Waals surface area (Å²) in [6, 6.07) is 0. The zero-order valence-corrected chi connectivity index (χ0v) is 13.2. The van der Waals surface area contributed by atoms with E-state index < -0.39 is 0 Å². The predicted octanol–water partition coefficient (Wildman–Crippen LogP) is 2.84. The molecule has 1 saturated heterocycles. The average molecular weight is 289 g/mol. The first kappa shape index (κ1) is 16.8. The van der Waals surface area contributed by atoms with Gasteiger partial charge in [-0.2, -0.15) is 0 Å². The Kier molecular flexibility index (Phi) is 6.61. The molecule has 0 aromatic carbocycles. The van der Waals surface area contributed by atoms with Gasteiger partial charge in [-0.05, 0) is 51.6 Å². The lowest BCUT2D eigenvalue weighted by molar-refractivity contribution is -0.144. The van der Waals surface area contributed by atoms with Crippen molar-refractivity contribution in [1.29, 1.82) is 0 Å². The highest BCUT2D eigenvalue weighted by molar-refractivity contribution is 5.85. The number of carbonyl (C=O) groups is 1. The number of nitrogens with one attached hydrogen (secondary N) is 1. The lowest BCUT2D eigenvalue weighted by Gasteiger charge is -2.38. The van der Waals surface area contributed by atoms with Crippen LogP contribution in [-0.4, -0.2) is 37.5 Å². The summed E-state index contributed by atoms with van der Waals surface area (Å²) in [5, 5.41) is 3.25. The molecule has 0 spiro atoms. The van der Waals surface area contributed by atoms with Gasteiger partial charge in [-0.3, -0.25) is 4.79 Å². The molecule has 2 fully saturated rings. The monoisotopic (exact) mass is 288 g/mol. The molecule has 1 amide bonds. The van der Waals surface area contributed by atoms with Gasteiger partial charge in [0.15, 0.2) is 0 Å². The highest BCUT2D eigenvalue weighted by Crippen LogP contribution is 2.43. The van der Waals surface area contributed by atoms with Crippen LogP contribution in [-0.2, 0) is 4.79 Å². The van der Waals surface area contributed by atoms with Gasteiger partial charge in [-0.15, -0.1) is 12.4 Å². The molecule has 1 N–H and O–H groups in total. The minimum atomic E-state index is 0. The summed E-state index contributed by atoms with van der Waals surface area (Å²) in [6.45, 7) is 5.20. The molecule has 19 heavy (non-hydrogen) atoms. The molecule has 4 heteroatoms. The van der Waals surface area contributed by atoms with E-state index >= 15 is 0 Å². The Morgan fingerprint density at radius 3 is 2.58 bits per heavy atom.